The molecule has 0 atom stereocenters. The van der Waals surface area contributed by atoms with E-state index < -0.39 is 28.9 Å². The van der Waals surface area contributed by atoms with Crippen molar-refractivity contribution >= 4 is 40.9 Å². The molecule has 2 heterocycles. The predicted octanol–water partition coefficient (Wildman–Crippen LogP) is 6.02. The first kappa shape index (κ1) is 25.3. The second kappa shape index (κ2) is 9.67. The number of alkyl halides is 3. The quantitative estimate of drug-likeness (QED) is 0.425. The zero-order valence-electron chi connectivity index (χ0n) is 18.3. The summed E-state index contributed by atoms with van der Waals surface area (Å²) in [5, 5.41) is 0.334. The van der Waals surface area contributed by atoms with Crippen LogP contribution >= 0.6 is 35.0 Å². The third kappa shape index (κ3) is 4.96. The highest BCUT2D eigenvalue weighted by Gasteiger charge is 2.36. The van der Waals surface area contributed by atoms with E-state index in [0.29, 0.717) is 23.1 Å². The predicted molar refractivity (Wildman–Crippen MR) is 126 cm³/mol. The Bertz CT molecular complexity index is 1360. The lowest BCUT2D eigenvalue weighted by Crippen LogP contribution is -2.32. The molecule has 0 saturated carbocycles. The van der Waals surface area contributed by atoms with Gasteiger partial charge in [0.1, 0.15) is 22.8 Å². The van der Waals surface area contributed by atoms with Crippen LogP contribution in [0.15, 0.2) is 51.0 Å². The van der Waals surface area contributed by atoms with Crippen LogP contribution in [0.1, 0.15) is 27.2 Å². The first-order valence-corrected chi connectivity index (χ1v) is 11.6. The van der Waals surface area contributed by atoms with Gasteiger partial charge in [0.15, 0.2) is 0 Å². The lowest BCUT2D eigenvalue weighted by molar-refractivity contribution is -0.141. The van der Waals surface area contributed by atoms with Crippen molar-refractivity contribution in [2.45, 2.75) is 29.1 Å². The number of amides is 1. The van der Waals surface area contributed by atoms with Crippen LogP contribution in [0, 0.1) is 0 Å². The number of pyridine rings is 1. The van der Waals surface area contributed by atoms with E-state index in [2.05, 4.69) is 0 Å². The fourth-order valence-corrected chi connectivity index (χ4v) is 5.35. The molecule has 0 fully saturated rings. The number of nitrogens with one attached hydrogen (secondary N) is 1. The van der Waals surface area contributed by atoms with Gasteiger partial charge in [-0.05, 0) is 29.8 Å². The molecule has 6 nitrogen and oxygen atoms in total. The number of H-pyrrole nitrogens is 1. The van der Waals surface area contributed by atoms with Crippen LogP contribution in [-0.2, 0) is 19.3 Å². The minimum atomic E-state index is -4.84. The minimum absolute atomic E-state index is 0.0960. The number of hydrogen-bond donors (Lipinski definition) is 1. The van der Waals surface area contributed by atoms with E-state index in [4.69, 9.17) is 32.7 Å². The van der Waals surface area contributed by atoms with Crippen molar-refractivity contribution in [1.82, 2.24) is 9.88 Å². The number of rotatable bonds is 5. The molecular weight excluding hydrogens is 528 g/mol. The second-order valence-corrected chi connectivity index (χ2v) is 9.40. The molecule has 2 aromatic carbocycles. The number of aromatic nitrogens is 1. The maximum absolute atomic E-state index is 13.5. The summed E-state index contributed by atoms with van der Waals surface area (Å²) in [6.07, 6.45) is -4.84. The van der Waals surface area contributed by atoms with E-state index in [1.54, 1.807) is 23.2 Å². The maximum Gasteiger partial charge on any atom is 0.431 e. The first-order chi connectivity index (χ1) is 16.5. The number of nitrogens with zero attached hydrogens (tertiary/aromatic N) is 1. The van der Waals surface area contributed by atoms with Crippen molar-refractivity contribution in [3.8, 4) is 11.5 Å². The van der Waals surface area contributed by atoms with Crippen molar-refractivity contribution in [3.63, 3.8) is 0 Å². The molecule has 0 radical (unpaired) electrons. The minimum Gasteiger partial charge on any atom is -0.497 e. The number of ether oxygens (including phenoxy) is 2. The molecular formula is C23H17Cl2F3N2O4S. The average Bonchev–Trinajstić information content (AvgIpc) is 3.24. The molecule has 1 N–H and O–H groups in total. The van der Waals surface area contributed by atoms with Crippen LogP contribution < -0.4 is 15.0 Å². The Morgan fingerprint density at radius 1 is 1.09 bits per heavy atom. The van der Waals surface area contributed by atoms with Gasteiger partial charge in [0.2, 0.25) is 0 Å². The number of carbonyl (C=O) groups excluding carboxylic acids is 1. The van der Waals surface area contributed by atoms with Crippen LogP contribution in [0.5, 0.6) is 11.5 Å². The number of carbonyl (C=O) groups is 1. The lowest BCUT2D eigenvalue weighted by atomic mass is 10.1. The standard InChI is InChI=1S/C23H17Cl2F3N2O4S/c1-33-12-6-11-9-30(10-13(11)16(7-12)34-2)22(32)19-17(8-18(23(26,27)28)29-21(19)31)35-20-14(24)4-3-5-15(20)25/h3-8H,9-10H2,1-2H3,(H,29,31). The summed E-state index contributed by atoms with van der Waals surface area (Å²) in [5.74, 6) is 0.267. The van der Waals surface area contributed by atoms with E-state index in [9.17, 15) is 22.8 Å². The van der Waals surface area contributed by atoms with E-state index in [-0.39, 0.29) is 32.9 Å². The molecule has 0 aliphatic carbocycles. The Balaban J connectivity index is 1.79. The summed E-state index contributed by atoms with van der Waals surface area (Å²) in [4.78, 5) is 29.5. The molecule has 3 aromatic rings. The van der Waals surface area contributed by atoms with Crippen LogP contribution in [0.2, 0.25) is 10.0 Å². The van der Waals surface area contributed by atoms with Gasteiger partial charge in [-0.3, -0.25) is 9.59 Å². The second-order valence-electron chi connectivity index (χ2n) is 7.53. The number of aromatic amines is 1. The Hall–Kier alpha value is -2.82. The first-order valence-electron chi connectivity index (χ1n) is 10.0. The summed E-state index contributed by atoms with van der Waals surface area (Å²) in [5.41, 5.74) is -1.45. The monoisotopic (exact) mass is 544 g/mol. The highest BCUT2D eigenvalue weighted by Crippen LogP contribution is 2.42. The van der Waals surface area contributed by atoms with Crippen molar-refractivity contribution in [2.24, 2.45) is 0 Å². The Morgan fingerprint density at radius 3 is 2.37 bits per heavy atom. The maximum atomic E-state index is 13.5. The van der Waals surface area contributed by atoms with Gasteiger partial charge in [0, 0.05) is 28.0 Å². The molecule has 1 aliphatic rings. The fourth-order valence-electron chi connectivity index (χ4n) is 3.71. The summed E-state index contributed by atoms with van der Waals surface area (Å²) in [7, 11) is 2.96. The third-order valence-corrected chi connectivity index (χ3v) is 7.42. The van der Waals surface area contributed by atoms with Gasteiger partial charge in [-0.25, -0.2) is 0 Å². The molecule has 0 bridgehead atoms. The highest BCUT2D eigenvalue weighted by molar-refractivity contribution is 7.99. The smallest absolute Gasteiger partial charge is 0.431 e. The van der Waals surface area contributed by atoms with Crippen LogP contribution in [0.25, 0.3) is 0 Å². The molecule has 0 saturated heterocycles. The Labute approximate surface area is 211 Å². The van der Waals surface area contributed by atoms with E-state index in [0.717, 1.165) is 17.3 Å². The molecule has 0 unspecified atom stereocenters. The van der Waals surface area contributed by atoms with Crippen LogP contribution in [-0.4, -0.2) is 30.0 Å². The zero-order valence-corrected chi connectivity index (χ0v) is 20.6. The van der Waals surface area contributed by atoms with E-state index >= 15 is 0 Å². The van der Waals surface area contributed by atoms with Gasteiger partial charge < -0.3 is 19.4 Å². The summed E-state index contributed by atoms with van der Waals surface area (Å²) >= 11 is 13.1. The van der Waals surface area contributed by atoms with Crippen molar-refractivity contribution in [3.05, 3.63) is 79.2 Å². The van der Waals surface area contributed by atoms with Crippen molar-refractivity contribution in [1.29, 1.82) is 0 Å². The summed E-state index contributed by atoms with van der Waals surface area (Å²) in [6, 6.07) is 8.70. The van der Waals surface area contributed by atoms with Crippen molar-refractivity contribution in [2.75, 3.05) is 14.2 Å². The fraction of sp³-hybridized carbons (Fsp3) is 0.217. The summed E-state index contributed by atoms with van der Waals surface area (Å²) in [6.45, 7) is 0.206. The third-order valence-electron chi connectivity index (χ3n) is 5.38. The van der Waals surface area contributed by atoms with Crippen LogP contribution in [0.3, 0.4) is 0 Å². The van der Waals surface area contributed by atoms with Gasteiger partial charge in [0.25, 0.3) is 11.5 Å². The van der Waals surface area contributed by atoms with E-state index in [1.165, 1.54) is 31.3 Å². The molecule has 4 rings (SSSR count). The van der Waals surface area contributed by atoms with Gasteiger partial charge in [0.05, 0.1) is 30.8 Å². The van der Waals surface area contributed by atoms with Gasteiger partial charge in [-0.15, -0.1) is 0 Å². The number of hydrogen-bond acceptors (Lipinski definition) is 5. The topological polar surface area (TPSA) is 71.6 Å². The zero-order chi connectivity index (χ0) is 25.5. The van der Waals surface area contributed by atoms with E-state index in [1.807, 2.05) is 0 Å². The molecule has 184 valence electrons. The molecule has 0 spiro atoms. The molecule has 1 amide bonds. The average molecular weight is 545 g/mol. The number of halogens is 5. The molecule has 12 heteroatoms. The Morgan fingerprint density at radius 2 is 1.77 bits per heavy atom. The number of methoxy groups -OCH3 is 2. The molecule has 1 aromatic heterocycles. The molecule has 1 aliphatic heterocycles. The molecule has 35 heavy (non-hydrogen) atoms. The Kier molecular flexibility index (Phi) is 6.99. The number of fused-ring (bicyclic) bond motifs is 1. The highest BCUT2D eigenvalue weighted by atomic mass is 35.5. The lowest BCUT2D eigenvalue weighted by Gasteiger charge is -2.19. The number of benzene rings is 2. The largest absolute Gasteiger partial charge is 0.497 e. The van der Waals surface area contributed by atoms with Crippen LogP contribution in [0.4, 0.5) is 13.2 Å². The van der Waals surface area contributed by atoms with Crippen molar-refractivity contribution < 1.29 is 27.4 Å². The SMILES string of the molecule is COc1cc2c(c(OC)c1)CN(C(=O)c1c(Sc3c(Cl)cccc3Cl)cc(C(F)(F)F)[nH]c1=O)C2. The van der Waals surface area contributed by atoms with Gasteiger partial charge >= 0.3 is 6.18 Å². The summed E-state index contributed by atoms with van der Waals surface area (Å²) < 4.78 is 51.0. The van der Waals surface area contributed by atoms with Gasteiger partial charge in [-0.1, -0.05) is 41.0 Å². The normalized spacial score (nSPS) is 13.1. The van der Waals surface area contributed by atoms with Gasteiger partial charge in [-0.2, -0.15) is 13.2 Å².